The van der Waals surface area contributed by atoms with E-state index in [0.29, 0.717) is 0 Å². The molecule has 0 saturated carbocycles. The minimum atomic E-state index is -1.35. The maximum absolute atomic E-state index is 12.5. The predicted molar refractivity (Wildman–Crippen MR) is 84.1 cm³/mol. The molecule has 7 nitrogen and oxygen atoms in total. The lowest BCUT2D eigenvalue weighted by Gasteiger charge is -2.44. The third-order valence-electron chi connectivity index (χ3n) is 4.72. The fraction of sp³-hybridized carbons (Fsp3) is 0.250. The monoisotopic (exact) mass is 344 g/mol. The zero-order valence-electron chi connectivity index (χ0n) is 12.6. The van der Waals surface area contributed by atoms with Crippen LogP contribution in [0.4, 0.5) is 0 Å². The van der Waals surface area contributed by atoms with Crippen molar-refractivity contribution in [2.75, 3.05) is 0 Å². The van der Waals surface area contributed by atoms with Crippen LogP contribution in [0.3, 0.4) is 0 Å². The molecule has 3 aliphatic heterocycles. The molecule has 1 N–H and O–H groups in total. The summed E-state index contributed by atoms with van der Waals surface area (Å²) in [7, 11) is 0. The Bertz CT molecular complexity index is 831. The van der Waals surface area contributed by atoms with E-state index in [2.05, 4.69) is 6.58 Å². The van der Waals surface area contributed by atoms with Gasteiger partial charge in [-0.15, -0.1) is 11.8 Å². The Balaban J connectivity index is 1.70. The molecular weight excluding hydrogens is 332 g/mol. The Morgan fingerprint density at radius 1 is 1.17 bits per heavy atom. The lowest BCUT2D eigenvalue weighted by Crippen LogP contribution is -2.67. The first-order valence-electron chi connectivity index (χ1n) is 7.19. The molecule has 1 aromatic rings. The van der Waals surface area contributed by atoms with Gasteiger partial charge >= 0.3 is 5.97 Å². The molecule has 3 amide bonds. The van der Waals surface area contributed by atoms with Crippen molar-refractivity contribution in [3.8, 4) is 0 Å². The second-order valence-electron chi connectivity index (χ2n) is 5.97. The number of carbonyl (C=O) groups is 4. The highest BCUT2D eigenvalue weighted by molar-refractivity contribution is 8.02. The first-order valence-corrected chi connectivity index (χ1v) is 8.07. The summed E-state index contributed by atoms with van der Waals surface area (Å²) >= 11 is 1.02. The molecule has 3 atom stereocenters. The summed E-state index contributed by atoms with van der Waals surface area (Å²) in [6.07, 6.45) is 0. The molecule has 0 spiro atoms. The average Bonchev–Trinajstić information content (AvgIpc) is 2.94. The van der Waals surface area contributed by atoms with Gasteiger partial charge in [-0.3, -0.25) is 29.0 Å². The molecule has 8 heteroatoms. The van der Waals surface area contributed by atoms with Gasteiger partial charge in [0.05, 0.1) is 11.1 Å². The minimum Gasteiger partial charge on any atom is -0.480 e. The third-order valence-corrected chi connectivity index (χ3v) is 6.32. The van der Waals surface area contributed by atoms with E-state index < -0.39 is 39.9 Å². The van der Waals surface area contributed by atoms with Gasteiger partial charge in [0.25, 0.3) is 17.7 Å². The summed E-state index contributed by atoms with van der Waals surface area (Å²) in [5.74, 6) is -2.63. The highest BCUT2D eigenvalue weighted by atomic mass is 32.2. The summed E-state index contributed by atoms with van der Waals surface area (Å²) < 4.78 is -1.35. The highest BCUT2D eigenvalue weighted by Gasteiger charge is 2.66. The largest absolute Gasteiger partial charge is 0.480 e. The molecule has 122 valence electrons. The fourth-order valence-electron chi connectivity index (χ4n) is 3.26. The first kappa shape index (κ1) is 14.9. The second-order valence-corrected chi connectivity index (χ2v) is 7.51. The van der Waals surface area contributed by atoms with Crippen molar-refractivity contribution in [2.24, 2.45) is 0 Å². The van der Waals surface area contributed by atoms with Crippen LogP contribution in [0.5, 0.6) is 0 Å². The van der Waals surface area contributed by atoms with E-state index in [-0.39, 0.29) is 16.8 Å². The van der Waals surface area contributed by atoms with Crippen LogP contribution in [-0.2, 0) is 9.59 Å². The maximum Gasteiger partial charge on any atom is 0.325 e. The van der Waals surface area contributed by atoms with Gasteiger partial charge in [-0.1, -0.05) is 18.7 Å². The summed E-state index contributed by atoms with van der Waals surface area (Å²) in [4.78, 5) is 51.3. The average molecular weight is 344 g/mol. The topological polar surface area (TPSA) is 95.0 Å². The van der Waals surface area contributed by atoms with Crippen molar-refractivity contribution in [3.05, 3.63) is 47.7 Å². The number of amides is 3. The Hall–Kier alpha value is -2.61. The molecule has 2 saturated heterocycles. The molecule has 0 bridgehead atoms. The van der Waals surface area contributed by atoms with Crippen molar-refractivity contribution in [1.82, 2.24) is 9.80 Å². The molecule has 4 rings (SSSR count). The van der Waals surface area contributed by atoms with Gasteiger partial charge in [-0.05, 0) is 19.1 Å². The van der Waals surface area contributed by atoms with Gasteiger partial charge in [-0.2, -0.15) is 0 Å². The van der Waals surface area contributed by atoms with E-state index in [4.69, 9.17) is 0 Å². The number of carboxylic acid groups (broad SMARTS) is 1. The number of aliphatic carboxylic acids is 1. The van der Waals surface area contributed by atoms with Crippen LogP contribution in [0.1, 0.15) is 27.6 Å². The molecule has 3 aliphatic rings. The van der Waals surface area contributed by atoms with Gasteiger partial charge in [0.2, 0.25) is 0 Å². The molecule has 0 radical (unpaired) electrons. The van der Waals surface area contributed by atoms with Gasteiger partial charge in [0, 0.05) is 5.70 Å². The van der Waals surface area contributed by atoms with Crippen LogP contribution in [0.2, 0.25) is 0 Å². The van der Waals surface area contributed by atoms with Gasteiger partial charge in [-0.25, -0.2) is 0 Å². The summed E-state index contributed by atoms with van der Waals surface area (Å²) in [5, 5.41) is 8.81. The van der Waals surface area contributed by atoms with E-state index in [1.54, 1.807) is 24.3 Å². The molecule has 0 aromatic heterocycles. The van der Waals surface area contributed by atoms with Crippen LogP contribution in [-0.4, -0.2) is 54.8 Å². The number of carboxylic acids is 1. The number of fused-ring (bicyclic) bond motifs is 2. The number of hydrogen-bond donors (Lipinski definition) is 1. The number of nitrogens with zero attached hydrogens (tertiary/aromatic N) is 2. The Labute approximate surface area is 140 Å². The summed E-state index contributed by atoms with van der Waals surface area (Å²) in [6.45, 7) is 5.18. The maximum atomic E-state index is 12.5. The zero-order valence-corrected chi connectivity index (χ0v) is 13.4. The Morgan fingerprint density at radius 2 is 1.71 bits per heavy atom. The number of benzene rings is 1. The van der Waals surface area contributed by atoms with Crippen molar-refractivity contribution >= 4 is 35.5 Å². The number of thioether (sulfide) groups is 1. The van der Waals surface area contributed by atoms with E-state index in [1.807, 2.05) is 0 Å². The molecule has 2 fully saturated rings. The lowest BCUT2D eigenvalue weighted by atomic mass is 10.00. The van der Waals surface area contributed by atoms with Crippen LogP contribution < -0.4 is 0 Å². The number of hydrogen-bond acceptors (Lipinski definition) is 5. The Kier molecular flexibility index (Phi) is 2.79. The van der Waals surface area contributed by atoms with Crippen molar-refractivity contribution in [2.45, 2.75) is 23.1 Å². The summed E-state index contributed by atoms with van der Waals surface area (Å²) in [5.41, 5.74) is 0.691. The van der Waals surface area contributed by atoms with Crippen molar-refractivity contribution in [1.29, 1.82) is 0 Å². The molecule has 24 heavy (non-hydrogen) atoms. The quantitative estimate of drug-likeness (QED) is 0.633. The SMILES string of the molecule is C=C1N2C(=O)C(N3C(=O)c4ccccc4C3=O)[C@H]2SC1(C)C(=O)O. The van der Waals surface area contributed by atoms with Crippen molar-refractivity contribution in [3.63, 3.8) is 0 Å². The zero-order chi connectivity index (χ0) is 17.4. The molecule has 1 aromatic carbocycles. The van der Waals surface area contributed by atoms with Crippen LogP contribution in [0.15, 0.2) is 36.5 Å². The van der Waals surface area contributed by atoms with Crippen LogP contribution >= 0.6 is 11.8 Å². The summed E-state index contributed by atoms with van der Waals surface area (Å²) in [6, 6.07) is 5.38. The third kappa shape index (κ3) is 1.53. The van der Waals surface area contributed by atoms with E-state index >= 15 is 0 Å². The number of rotatable bonds is 2. The van der Waals surface area contributed by atoms with Gasteiger partial charge in [0.15, 0.2) is 4.75 Å². The van der Waals surface area contributed by atoms with Gasteiger partial charge in [0.1, 0.15) is 11.4 Å². The van der Waals surface area contributed by atoms with Crippen molar-refractivity contribution < 1.29 is 24.3 Å². The van der Waals surface area contributed by atoms with Crippen LogP contribution in [0.25, 0.3) is 0 Å². The fourth-order valence-corrected chi connectivity index (χ4v) is 4.79. The first-order chi connectivity index (χ1) is 11.3. The molecule has 2 unspecified atom stereocenters. The number of β-lactam (4-membered cyclic amide) rings is 1. The minimum absolute atomic E-state index is 0.169. The molecular formula is C16H12N2O5S. The van der Waals surface area contributed by atoms with E-state index in [9.17, 15) is 24.3 Å². The number of imide groups is 1. The standard InChI is InChI=1S/C16H12N2O5S/c1-7-16(2,15(22)23)24-14-10(13(21)17(7)14)18-11(19)8-5-3-4-6-9(8)12(18)20/h3-6,10,14H,1H2,2H3,(H,22,23)/t10?,14-,16?/m1/s1. The smallest absolute Gasteiger partial charge is 0.325 e. The highest BCUT2D eigenvalue weighted by Crippen LogP contribution is 2.54. The second kappa shape index (κ2) is 4.47. The van der Waals surface area contributed by atoms with E-state index in [0.717, 1.165) is 16.7 Å². The molecule has 0 aliphatic carbocycles. The predicted octanol–water partition coefficient (Wildman–Crippen LogP) is 0.923. The number of carbonyl (C=O) groups excluding carboxylic acids is 3. The lowest BCUT2D eigenvalue weighted by molar-refractivity contribution is -0.146. The van der Waals surface area contributed by atoms with E-state index in [1.165, 1.54) is 11.8 Å². The Morgan fingerprint density at radius 3 is 2.21 bits per heavy atom. The van der Waals surface area contributed by atoms with Gasteiger partial charge < -0.3 is 5.11 Å². The normalized spacial score (nSPS) is 31.2. The van der Waals surface area contributed by atoms with Crippen LogP contribution in [0, 0.1) is 0 Å². The molecule has 3 heterocycles.